The average Bonchev–Trinajstić information content (AvgIpc) is 2.55. The normalized spacial score (nSPS) is 10.3. The van der Waals surface area contributed by atoms with Crippen LogP contribution in [0.5, 0.6) is 5.75 Å². The summed E-state index contributed by atoms with van der Waals surface area (Å²) < 4.78 is 18.2. The van der Waals surface area contributed by atoms with Crippen molar-refractivity contribution in [3.8, 4) is 5.75 Å². The Morgan fingerprint density at radius 3 is 2.70 bits per heavy atom. The molecule has 0 aliphatic heterocycles. The van der Waals surface area contributed by atoms with E-state index in [1.54, 1.807) is 12.1 Å². The fraction of sp³-hybridized carbons (Fsp3) is 0.278. The molecule has 2 rings (SSSR count). The van der Waals surface area contributed by atoms with Crippen molar-refractivity contribution in [3.05, 3.63) is 65.5 Å². The number of ether oxygens (including phenoxy) is 1. The molecule has 0 fully saturated rings. The first-order chi connectivity index (χ1) is 11.2. The van der Waals surface area contributed by atoms with Gasteiger partial charge in [0.2, 0.25) is 5.91 Å². The molecule has 0 aliphatic carbocycles. The number of thioether (sulfide) groups is 1. The number of hydrogen-bond donors (Lipinski definition) is 1. The lowest BCUT2D eigenvalue weighted by atomic mass is 10.2. The van der Waals surface area contributed by atoms with Gasteiger partial charge in [0.15, 0.2) is 0 Å². The summed E-state index contributed by atoms with van der Waals surface area (Å²) in [5.74, 6) is 1.62. The van der Waals surface area contributed by atoms with Gasteiger partial charge in [0.1, 0.15) is 11.6 Å². The van der Waals surface area contributed by atoms with E-state index in [2.05, 4.69) is 5.32 Å². The van der Waals surface area contributed by atoms with Crippen LogP contribution in [0.2, 0.25) is 0 Å². The summed E-state index contributed by atoms with van der Waals surface area (Å²) >= 11 is 1.51. The number of nitrogens with one attached hydrogen (secondary N) is 1. The molecule has 1 N–H and O–H groups in total. The maximum absolute atomic E-state index is 12.8. The maximum atomic E-state index is 12.8. The van der Waals surface area contributed by atoms with Gasteiger partial charge in [-0.1, -0.05) is 24.3 Å². The predicted molar refractivity (Wildman–Crippen MR) is 92.0 cm³/mol. The van der Waals surface area contributed by atoms with Gasteiger partial charge in [-0.2, -0.15) is 0 Å². The zero-order valence-corrected chi connectivity index (χ0v) is 13.9. The number of carbonyl (C=O) groups excluding carboxylic acids is 1. The fourth-order valence-electron chi connectivity index (χ4n) is 2.01. The van der Waals surface area contributed by atoms with E-state index >= 15 is 0 Å². The molecular weight excluding hydrogens is 313 g/mol. The molecule has 0 aliphatic rings. The van der Waals surface area contributed by atoms with Crippen molar-refractivity contribution in [2.24, 2.45) is 0 Å². The highest BCUT2D eigenvalue weighted by Crippen LogP contribution is 2.14. The standard InChI is InChI=1S/C18H20FNO2S/c1-2-22-17-5-3-4-15(10-17)11-20-18(21)13-23-12-14-6-8-16(19)9-7-14/h3-10H,2,11-13H2,1H3,(H,20,21). The molecular formula is C18H20FNO2S. The van der Waals surface area contributed by atoms with Crippen molar-refractivity contribution in [2.75, 3.05) is 12.4 Å². The van der Waals surface area contributed by atoms with Gasteiger partial charge >= 0.3 is 0 Å². The first-order valence-electron chi connectivity index (χ1n) is 7.48. The highest BCUT2D eigenvalue weighted by atomic mass is 32.2. The number of amides is 1. The Balaban J connectivity index is 1.70. The van der Waals surface area contributed by atoms with Gasteiger partial charge in [0.25, 0.3) is 0 Å². The topological polar surface area (TPSA) is 38.3 Å². The highest BCUT2D eigenvalue weighted by Gasteiger charge is 2.03. The second-order valence-corrected chi connectivity index (χ2v) is 5.96. The average molecular weight is 333 g/mol. The third-order valence-corrected chi connectivity index (χ3v) is 4.12. The Bertz CT molecular complexity index is 631. The molecule has 0 unspecified atom stereocenters. The molecule has 0 radical (unpaired) electrons. The zero-order chi connectivity index (χ0) is 16.5. The molecule has 5 heteroatoms. The molecule has 0 aromatic heterocycles. The van der Waals surface area contributed by atoms with Gasteiger partial charge in [-0.15, -0.1) is 11.8 Å². The van der Waals surface area contributed by atoms with Crippen molar-refractivity contribution >= 4 is 17.7 Å². The third-order valence-electron chi connectivity index (χ3n) is 3.11. The Morgan fingerprint density at radius 1 is 1.17 bits per heavy atom. The lowest BCUT2D eigenvalue weighted by Gasteiger charge is -2.08. The van der Waals surface area contributed by atoms with Gasteiger partial charge < -0.3 is 10.1 Å². The van der Waals surface area contributed by atoms with Crippen LogP contribution in [-0.4, -0.2) is 18.3 Å². The fourth-order valence-corrected chi connectivity index (χ4v) is 2.82. The lowest BCUT2D eigenvalue weighted by molar-refractivity contribution is -0.118. The van der Waals surface area contributed by atoms with Crippen LogP contribution in [0.25, 0.3) is 0 Å². The van der Waals surface area contributed by atoms with E-state index in [1.165, 1.54) is 23.9 Å². The minimum Gasteiger partial charge on any atom is -0.494 e. The van der Waals surface area contributed by atoms with E-state index < -0.39 is 0 Å². The van der Waals surface area contributed by atoms with Crippen molar-refractivity contribution in [1.29, 1.82) is 0 Å². The number of carbonyl (C=O) groups is 1. The van der Waals surface area contributed by atoms with E-state index in [9.17, 15) is 9.18 Å². The largest absolute Gasteiger partial charge is 0.494 e. The van der Waals surface area contributed by atoms with Crippen molar-refractivity contribution in [1.82, 2.24) is 5.32 Å². The summed E-state index contributed by atoms with van der Waals surface area (Å²) in [4.78, 5) is 11.8. The van der Waals surface area contributed by atoms with Crippen LogP contribution in [-0.2, 0) is 17.1 Å². The molecule has 1 amide bonds. The molecule has 122 valence electrons. The molecule has 23 heavy (non-hydrogen) atoms. The van der Waals surface area contributed by atoms with Gasteiger partial charge in [-0.3, -0.25) is 4.79 Å². The summed E-state index contributed by atoms with van der Waals surface area (Å²) in [6.45, 7) is 3.04. The van der Waals surface area contributed by atoms with Gasteiger partial charge in [-0.05, 0) is 42.3 Å². The molecule has 0 saturated carbocycles. The third kappa shape index (κ3) is 6.32. The van der Waals surface area contributed by atoms with Crippen LogP contribution in [0.1, 0.15) is 18.1 Å². The van der Waals surface area contributed by atoms with Gasteiger partial charge in [-0.25, -0.2) is 4.39 Å². The second-order valence-electron chi connectivity index (χ2n) is 4.98. The summed E-state index contributed by atoms with van der Waals surface area (Å²) in [5, 5.41) is 2.89. The molecule has 2 aromatic rings. The minimum absolute atomic E-state index is 0.0149. The molecule has 0 bridgehead atoms. The van der Waals surface area contributed by atoms with E-state index in [1.807, 2.05) is 31.2 Å². The molecule has 3 nitrogen and oxygen atoms in total. The van der Waals surface area contributed by atoms with Crippen molar-refractivity contribution in [3.63, 3.8) is 0 Å². The quantitative estimate of drug-likeness (QED) is 0.799. The Hall–Kier alpha value is -2.01. The van der Waals surface area contributed by atoms with E-state index in [-0.39, 0.29) is 11.7 Å². The Kier molecular flexibility index (Phi) is 6.94. The monoisotopic (exact) mass is 333 g/mol. The molecule has 0 atom stereocenters. The summed E-state index contributed by atoms with van der Waals surface area (Å²) in [6, 6.07) is 14.0. The Morgan fingerprint density at radius 2 is 1.96 bits per heavy atom. The second kappa shape index (κ2) is 9.20. The van der Waals surface area contributed by atoms with Crippen molar-refractivity contribution < 1.29 is 13.9 Å². The smallest absolute Gasteiger partial charge is 0.230 e. The van der Waals surface area contributed by atoms with Crippen LogP contribution in [0.15, 0.2) is 48.5 Å². The van der Waals surface area contributed by atoms with Crippen LogP contribution >= 0.6 is 11.8 Å². The highest BCUT2D eigenvalue weighted by molar-refractivity contribution is 7.99. The molecule has 0 heterocycles. The minimum atomic E-state index is -0.245. The lowest BCUT2D eigenvalue weighted by Crippen LogP contribution is -2.24. The predicted octanol–water partition coefficient (Wildman–Crippen LogP) is 3.77. The number of rotatable bonds is 8. The summed E-state index contributed by atoms with van der Waals surface area (Å²) in [7, 11) is 0. The first kappa shape index (κ1) is 17.3. The van der Waals surface area contributed by atoms with Crippen LogP contribution in [0, 0.1) is 5.82 Å². The van der Waals surface area contributed by atoms with Crippen LogP contribution in [0.4, 0.5) is 4.39 Å². The van der Waals surface area contributed by atoms with Gasteiger partial charge in [0, 0.05) is 12.3 Å². The molecule has 0 saturated heterocycles. The van der Waals surface area contributed by atoms with Crippen molar-refractivity contribution in [2.45, 2.75) is 19.2 Å². The summed E-state index contributed by atoms with van der Waals surface area (Å²) in [5.41, 5.74) is 2.02. The SMILES string of the molecule is CCOc1cccc(CNC(=O)CSCc2ccc(F)cc2)c1. The number of hydrogen-bond acceptors (Lipinski definition) is 3. The molecule has 2 aromatic carbocycles. The van der Waals surface area contributed by atoms with E-state index in [4.69, 9.17) is 4.74 Å². The zero-order valence-electron chi connectivity index (χ0n) is 13.0. The molecule has 0 spiro atoms. The summed E-state index contributed by atoms with van der Waals surface area (Å²) in [6.07, 6.45) is 0. The number of benzene rings is 2. The van der Waals surface area contributed by atoms with Crippen LogP contribution in [0.3, 0.4) is 0 Å². The Labute approximate surface area is 140 Å². The van der Waals surface area contributed by atoms with Gasteiger partial charge in [0.05, 0.1) is 12.4 Å². The van der Waals surface area contributed by atoms with E-state index in [0.717, 1.165) is 16.9 Å². The first-order valence-corrected chi connectivity index (χ1v) is 8.63. The maximum Gasteiger partial charge on any atom is 0.230 e. The van der Waals surface area contributed by atoms with E-state index in [0.29, 0.717) is 24.7 Å². The van der Waals surface area contributed by atoms with Crippen LogP contribution < -0.4 is 10.1 Å². The number of halogens is 1.